The van der Waals surface area contributed by atoms with E-state index in [-0.39, 0.29) is 5.78 Å². The van der Waals surface area contributed by atoms with Crippen molar-refractivity contribution in [3.8, 4) is 22.4 Å². The van der Waals surface area contributed by atoms with E-state index in [1.54, 1.807) is 18.3 Å². The molecule has 5 rings (SSSR count). The maximum atomic E-state index is 12.8. The molecule has 0 N–H and O–H groups in total. The van der Waals surface area contributed by atoms with Crippen molar-refractivity contribution in [1.82, 2.24) is 4.98 Å². The second kappa shape index (κ2) is 5.37. The van der Waals surface area contributed by atoms with E-state index in [1.165, 1.54) is 0 Å². The van der Waals surface area contributed by atoms with Crippen LogP contribution in [0.2, 0.25) is 0 Å². The number of hydrogen-bond acceptors (Lipinski definition) is 2. The molecule has 1 aromatic heterocycles. The van der Waals surface area contributed by atoms with E-state index < -0.39 is 6.85 Å². The molecule has 0 unspecified atom stereocenters. The van der Waals surface area contributed by atoms with E-state index in [9.17, 15) is 4.79 Å². The minimum absolute atomic E-state index is 0.0381. The van der Waals surface area contributed by atoms with Gasteiger partial charge in [0.15, 0.2) is 5.78 Å². The first kappa shape index (κ1) is 12.2. The first-order chi connectivity index (χ1) is 13.8. The van der Waals surface area contributed by atoms with Crippen molar-refractivity contribution in [3.63, 3.8) is 0 Å². The molecule has 0 bridgehead atoms. The maximum absolute atomic E-state index is 12.8. The molecule has 0 saturated carbocycles. The van der Waals surface area contributed by atoms with Crippen LogP contribution in [0.4, 0.5) is 0 Å². The number of aryl methyl sites for hydroxylation is 2. The molecule has 2 nitrogen and oxygen atoms in total. The highest BCUT2D eigenvalue weighted by Crippen LogP contribution is 2.40. The number of nitrogens with zero attached hydrogens (tertiary/aromatic N) is 1. The smallest absolute Gasteiger partial charge is 0.194 e. The Hall–Kier alpha value is -3.26. The van der Waals surface area contributed by atoms with E-state index in [0.717, 1.165) is 38.7 Å². The predicted octanol–water partition coefficient (Wildman–Crippen LogP) is 5.73. The van der Waals surface area contributed by atoms with Gasteiger partial charge in [-0.2, -0.15) is 0 Å². The van der Waals surface area contributed by atoms with E-state index in [2.05, 4.69) is 4.98 Å². The van der Waals surface area contributed by atoms with Gasteiger partial charge in [-0.25, -0.2) is 0 Å². The van der Waals surface area contributed by atoms with E-state index in [4.69, 9.17) is 4.11 Å². The van der Waals surface area contributed by atoms with Crippen LogP contribution in [0.5, 0.6) is 0 Å². The minimum atomic E-state index is -2.18. The Balaban J connectivity index is 1.79. The van der Waals surface area contributed by atoms with Crippen molar-refractivity contribution in [2.45, 2.75) is 13.8 Å². The highest BCUT2D eigenvalue weighted by molar-refractivity contribution is 6.23. The molecule has 3 aromatic carbocycles. The van der Waals surface area contributed by atoms with Crippen molar-refractivity contribution >= 4 is 16.6 Å². The van der Waals surface area contributed by atoms with Crippen LogP contribution in [0, 0.1) is 13.8 Å². The van der Waals surface area contributed by atoms with Gasteiger partial charge in [-0.15, -0.1) is 0 Å². The zero-order chi connectivity index (χ0) is 20.3. The van der Waals surface area contributed by atoms with Crippen LogP contribution in [-0.4, -0.2) is 10.8 Å². The first-order valence-corrected chi connectivity index (χ1v) is 8.52. The summed E-state index contributed by atoms with van der Waals surface area (Å²) >= 11 is 0. The summed E-state index contributed by atoms with van der Waals surface area (Å²) in [7, 11) is 0. The summed E-state index contributed by atoms with van der Waals surface area (Å²) in [4.78, 5) is 17.4. The summed E-state index contributed by atoms with van der Waals surface area (Å²) in [5, 5.41) is 1.81. The second-order valence-corrected chi connectivity index (χ2v) is 6.74. The number of aromatic nitrogens is 1. The van der Waals surface area contributed by atoms with Gasteiger partial charge in [0.2, 0.25) is 0 Å². The van der Waals surface area contributed by atoms with E-state index in [1.807, 2.05) is 55.5 Å². The van der Waals surface area contributed by atoms with Gasteiger partial charge in [-0.1, -0.05) is 41.5 Å². The molecule has 0 saturated heterocycles. The largest absolute Gasteiger partial charge is 0.289 e. The van der Waals surface area contributed by atoms with Crippen molar-refractivity contribution in [1.29, 1.82) is 0 Å². The SMILES string of the molecule is [2H]C([2H])([2H])c1cc(C)cc(-c2nccc3cc4c(cc23)-c2ccccc2C4=O)c1. The van der Waals surface area contributed by atoms with Crippen LogP contribution in [0.15, 0.2) is 66.9 Å². The van der Waals surface area contributed by atoms with Crippen LogP contribution < -0.4 is 0 Å². The van der Waals surface area contributed by atoms with E-state index >= 15 is 0 Å². The van der Waals surface area contributed by atoms with Gasteiger partial charge >= 0.3 is 0 Å². The second-order valence-electron chi connectivity index (χ2n) is 6.74. The number of rotatable bonds is 1. The van der Waals surface area contributed by atoms with Gasteiger partial charge in [0, 0.05) is 32.4 Å². The lowest BCUT2D eigenvalue weighted by molar-refractivity contribution is 0.104. The molecule has 0 aliphatic heterocycles. The van der Waals surface area contributed by atoms with Crippen molar-refractivity contribution < 1.29 is 8.91 Å². The fourth-order valence-electron chi connectivity index (χ4n) is 3.84. The Morgan fingerprint density at radius 1 is 0.846 bits per heavy atom. The third kappa shape index (κ3) is 2.12. The Morgan fingerprint density at radius 2 is 1.65 bits per heavy atom. The zero-order valence-electron chi connectivity index (χ0n) is 17.2. The van der Waals surface area contributed by atoms with Crippen LogP contribution in [0.1, 0.15) is 31.2 Å². The van der Waals surface area contributed by atoms with Gasteiger partial charge in [0.1, 0.15) is 0 Å². The lowest BCUT2D eigenvalue weighted by Crippen LogP contribution is -1.95. The Bertz CT molecular complexity index is 1320. The van der Waals surface area contributed by atoms with E-state index in [0.29, 0.717) is 16.7 Å². The lowest BCUT2D eigenvalue weighted by atomic mass is 9.96. The third-order valence-electron chi connectivity index (χ3n) is 4.96. The molecule has 0 atom stereocenters. The number of hydrogen-bond donors (Lipinski definition) is 0. The van der Waals surface area contributed by atoms with Gasteiger partial charge < -0.3 is 0 Å². The summed E-state index contributed by atoms with van der Waals surface area (Å²) in [6, 6.07) is 18.7. The van der Waals surface area contributed by atoms with Gasteiger partial charge in [0.05, 0.1) is 5.69 Å². The van der Waals surface area contributed by atoms with Gasteiger partial charge in [-0.3, -0.25) is 9.78 Å². The maximum Gasteiger partial charge on any atom is 0.194 e. The lowest BCUT2D eigenvalue weighted by Gasteiger charge is -2.10. The summed E-state index contributed by atoms with van der Waals surface area (Å²) < 4.78 is 23.3. The molecule has 1 heterocycles. The number of pyridine rings is 1. The van der Waals surface area contributed by atoms with Crippen LogP contribution >= 0.6 is 0 Å². The van der Waals surface area contributed by atoms with Crippen molar-refractivity contribution in [3.05, 3.63) is 89.1 Å². The van der Waals surface area contributed by atoms with Crippen LogP contribution in [0.3, 0.4) is 0 Å². The molecule has 0 spiro atoms. The number of carbonyl (C=O) groups is 1. The fourth-order valence-corrected chi connectivity index (χ4v) is 3.84. The molecule has 4 aromatic rings. The highest BCUT2D eigenvalue weighted by atomic mass is 16.1. The minimum Gasteiger partial charge on any atom is -0.289 e. The number of ketones is 1. The van der Waals surface area contributed by atoms with Crippen LogP contribution in [0.25, 0.3) is 33.2 Å². The average molecular weight is 338 g/mol. The first-order valence-electron chi connectivity index (χ1n) is 10.0. The standard InChI is InChI=1S/C24H17NO/c1-14-9-15(2)11-17(10-14)23-20-13-21-18-5-3-4-6-19(18)24(26)22(21)12-16(20)7-8-25-23/h3-13H,1-2H3/i1D3. The third-order valence-corrected chi connectivity index (χ3v) is 4.96. The van der Waals surface area contributed by atoms with Crippen molar-refractivity contribution in [2.24, 2.45) is 0 Å². The quantitative estimate of drug-likeness (QED) is 0.391. The highest BCUT2D eigenvalue weighted by Gasteiger charge is 2.27. The summed E-state index contributed by atoms with van der Waals surface area (Å²) in [6.07, 6.45) is 1.70. The molecule has 2 heteroatoms. The normalized spacial score (nSPS) is 14.5. The molecular formula is C24H17NO. The fraction of sp³-hybridized carbons (Fsp3) is 0.0833. The molecule has 1 aliphatic carbocycles. The Labute approximate surface area is 156 Å². The molecule has 124 valence electrons. The van der Waals surface area contributed by atoms with Gasteiger partial charge in [0.25, 0.3) is 0 Å². The summed E-state index contributed by atoms with van der Waals surface area (Å²) in [5.41, 5.74) is 5.89. The Morgan fingerprint density at radius 3 is 2.50 bits per heavy atom. The molecule has 26 heavy (non-hydrogen) atoms. The summed E-state index contributed by atoms with van der Waals surface area (Å²) in [6.45, 7) is -0.297. The molecule has 0 amide bonds. The predicted molar refractivity (Wildman–Crippen MR) is 106 cm³/mol. The molecular weight excluding hydrogens is 318 g/mol. The zero-order valence-corrected chi connectivity index (χ0v) is 14.2. The van der Waals surface area contributed by atoms with Crippen LogP contribution in [-0.2, 0) is 0 Å². The molecule has 1 aliphatic rings. The average Bonchev–Trinajstić information content (AvgIpc) is 2.97. The molecule has 0 fully saturated rings. The Kier molecular flexibility index (Phi) is 2.51. The summed E-state index contributed by atoms with van der Waals surface area (Å²) in [5.74, 6) is 0.0381. The number of carbonyl (C=O) groups excluding carboxylic acids is 1. The van der Waals surface area contributed by atoms with Gasteiger partial charge in [-0.05, 0) is 60.6 Å². The van der Waals surface area contributed by atoms with Crippen molar-refractivity contribution in [2.75, 3.05) is 0 Å². The number of benzene rings is 3. The molecule has 0 radical (unpaired) electrons. The number of fused-ring (bicyclic) bond motifs is 4. The monoisotopic (exact) mass is 338 g/mol. The topological polar surface area (TPSA) is 30.0 Å².